The Bertz CT molecular complexity index is 541. The fourth-order valence-electron chi connectivity index (χ4n) is 2.76. The Kier molecular flexibility index (Phi) is 3.71. The highest BCUT2D eigenvalue weighted by molar-refractivity contribution is 9.10. The number of imidazole rings is 1. The van der Waals surface area contributed by atoms with E-state index in [1.165, 1.54) is 17.7 Å². The zero-order chi connectivity index (χ0) is 13.2. The number of benzene rings is 1. The minimum Gasteiger partial charge on any atom is -0.327 e. The van der Waals surface area contributed by atoms with Crippen molar-refractivity contribution in [3.05, 3.63) is 52.5 Å². The average Bonchev–Trinajstić information content (AvgIpc) is 3.09. The highest BCUT2D eigenvalue weighted by Gasteiger charge is 2.22. The van der Waals surface area contributed by atoms with Crippen molar-refractivity contribution < 1.29 is 0 Å². The molecule has 2 atom stereocenters. The summed E-state index contributed by atoms with van der Waals surface area (Å²) in [6.07, 6.45) is 5.19. The molecule has 1 aliphatic rings. The van der Waals surface area contributed by atoms with Gasteiger partial charge < -0.3 is 9.88 Å². The van der Waals surface area contributed by atoms with Crippen LogP contribution in [-0.2, 0) is 0 Å². The molecule has 1 aromatic carbocycles. The molecule has 1 saturated heterocycles. The molecular formula is C15H18BrN3. The summed E-state index contributed by atoms with van der Waals surface area (Å²) in [5.74, 6) is 0.598. The van der Waals surface area contributed by atoms with Gasteiger partial charge in [0.05, 0.1) is 12.4 Å². The van der Waals surface area contributed by atoms with E-state index in [0.29, 0.717) is 12.0 Å². The number of nitrogens with zero attached hydrogens (tertiary/aromatic N) is 2. The zero-order valence-electron chi connectivity index (χ0n) is 11.0. The predicted octanol–water partition coefficient (Wildman–Crippen LogP) is 3.33. The van der Waals surface area contributed by atoms with Crippen molar-refractivity contribution in [1.29, 1.82) is 0 Å². The van der Waals surface area contributed by atoms with Gasteiger partial charge in [-0.05, 0) is 37.6 Å². The summed E-state index contributed by atoms with van der Waals surface area (Å²) in [4.78, 5) is 4.36. The van der Waals surface area contributed by atoms with Gasteiger partial charge in [0, 0.05) is 28.8 Å². The molecule has 1 aliphatic heterocycles. The molecule has 19 heavy (non-hydrogen) atoms. The van der Waals surface area contributed by atoms with Crippen LogP contribution in [0.5, 0.6) is 0 Å². The van der Waals surface area contributed by atoms with Gasteiger partial charge in [-0.25, -0.2) is 4.98 Å². The van der Waals surface area contributed by atoms with E-state index in [4.69, 9.17) is 0 Å². The summed E-state index contributed by atoms with van der Waals surface area (Å²) in [5.41, 5.74) is 2.66. The van der Waals surface area contributed by atoms with Crippen molar-refractivity contribution >= 4 is 15.9 Å². The normalized spacial score (nSPS) is 20.6. The smallest absolute Gasteiger partial charge is 0.0953 e. The van der Waals surface area contributed by atoms with E-state index < -0.39 is 0 Å². The third kappa shape index (κ3) is 2.60. The van der Waals surface area contributed by atoms with E-state index in [9.17, 15) is 0 Å². The third-order valence-corrected chi connectivity index (χ3v) is 4.47. The van der Waals surface area contributed by atoms with E-state index in [1.54, 1.807) is 0 Å². The molecule has 2 aromatic rings. The van der Waals surface area contributed by atoms with Gasteiger partial charge in [-0.2, -0.15) is 0 Å². The predicted molar refractivity (Wildman–Crippen MR) is 80.4 cm³/mol. The van der Waals surface area contributed by atoms with Crippen molar-refractivity contribution in [3.63, 3.8) is 0 Å². The number of hydrogen-bond donors (Lipinski definition) is 1. The molecule has 0 spiro atoms. The highest BCUT2D eigenvalue weighted by Crippen LogP contribution is 2.27. The number of aromatic nitrogens is 2. The first-order valence-electron chi connectivity index (χ1n) is 6.73. The lowest BCUT2D eigenvalue weighted by molar-refractivity contribution is 0.574. The maximum absolute atomic E-state index is 4.36. The third-order valence-electron chi connectivity index (χ3n) is 3.94. The maximum Gasteiger partial charge on any atom is 0.0953 e. The Balaban J connectivity index is 1.89. The van der Waals surface area contributed by atoms with Crippen molar-refractivity contribution in [2.75, 3.05) is 13.1 Å². The minimum atomic E-state index is 0.325. The Morgan fingerprint density at radius 2 is 2.16 bits per heavy atom. The number of halogens is 1. The lowest BCUT2D eigenvalue weighted by atomic mass is 10.0. The molecule has 2 heterocycles. The Morgan fingerprint density at radius 3 is 2.84 bits per heavy atom. The summed E-state index contributed by atoms with van der Waals surface area (Å²) in [6, 6.07) is 8.86. The molecule has 0 bridgehead atoms. The van der Waals surface area contributed by atoms with Crippen LogP contribution in [0.15, 0.2) is 41.3 Å². The second-order valence-electron chi connectivity index (χ2n) is 5.14. The summed E-state index contributed by atoms with van der Waals surface area (Å²) < 4.78 is 3.43. The molecule has 100 valence electrons. The standard InChI is InChI=1S/C15H18BrN3/c1-11(12-2-4-14(16)5-3-12)19-10-18-9-15(19)13-6-7-17-8-13/h2-5,9-11,13,17H,6-8H2,1H3. The van der Waals surface area contributed by atoms with E-state index in [0.717, 1.165) is 17.6 Å². The van der Waals surface area contributed by atoms with Crippen LogP contribution in [0.25, 0.3) is 0 Å². The van der Waals surface area contributed by atoms with E-state index >= 15 is 0 Å². The van der Waals surface area contributed by atoms with Crippen LogP contribution >= 0.6 is 15.9 Å². The summed E-state index contributed by atoms with van der Waals surface area (Å²) in [6.45, 7) is 4.41. The minimum absolute atomic E-state index is 0.325. The lowest BCUT2D eigenvalue weighted by Gasteiger charge is -2.20. The van der Waals surface area contributed by atoms with Gasteiger partial charge in [-0.1, -0.05) is 28.1 Å². The Labute approximate surface area is 122 Å². The number of rotatable bonds is 3. The van der Waals surface area contributed by atoms with Crippen molar-refractivity contribution in [1.82, 2.24) is 14.9 Å². The molecule has 4 heteroatoms. The first-order chi connectivity index (χ1) is 9.25. The highest BCUT2D eigenvalue weighted by atomic mass is 79.9. The topological polar surface area (TPSA) is 29.9 Å². The second-order valence-corrected chi connectivity index (χ2v) is 6.06. The van der Waals surface area contributed by atoms with Gasteiger partial charge in [-0.15, -0.1) is 0 Å². The molecule has 3 nitrogen and oxygen atoms in total. The largest absolute Gasteiger partial charge is 0.327 e. The van der Waals surface area contributed by atoms with Gasteiger partial charge in [0.2, 0.25) is 0 Å². The molecule has 0 saturated carbocycles. The fourth-order valence-corrected chi connectivity index (χ4v) is 3.03. The van der Waals surface area contributed by atoms with Crippen LogP contribution in [0.2, 0.25) is 0 Å². The SMILES string of the molecule is CC(c1ccc(Br)cc1)n1cncc1C1CCNC1. The maximum atomic E-state index is 4.36. The Morgan fingerprint density at radius 1 is 1.37 bits per heavy atom. The van der Waals surface area contributed by atoms with E-state index in [-0.39, 0.29) is 0 Å². The van der Waals surface area contributed by atoms with Crippen LogP contribution in [-0.4, -0.2) is 22.6 Å². The van der Waals surface area contributed by atoms with Gasteiger partial charge in [-0.3, -0.25) is 0 Å². The van der Waals surface area contributed by atoms with Crippen LogP contribution in [0.4, 0.5) is 0 Å². The molecule has 0 amide bonds. The number of hydrogen-bond acceptors (Lipinski definition) is 2. The lowest BCUT2D eigenvalue weighted by Crippen LogP contribution is -2.14. The van der Waals surface area contributed by atoms with Gasteiger partial charge in [0.25, 0.3) is 0 Å². The molecule has 0 aliphatic carbocycles. The summed E-state index contributed by atoms with van der Waals surface area (Å²) in [5, 5.41) is 3.43. The summed E-state index contributed by atoms with van der Waals surface area (Å²) >= 11 is 3.48. The van der Waals surface area contributed by atoms with Gasteiger partial charge in [0.1, 0.15) is 0 Å². The van der Waals surface area contributed by atoms with Crippen molar-refractivity contribution in [2.45, 2.75) is 25.3 Å². The molecule has 1 fully saturated rings. The monoisotopic (exact) mass is 319 g/mol. The molecule has 1 N–H and O–H groups in total. The van der Waals surface area contributed by atoms with Crippen molar-refractivity contribution in [3.8, 4) is 0 Å². The molecule has 3 rings (SSSR count). The van der Waals surface area contributed by atoms with Crippen LogP contribution in [0.3, 0.4) is 0 Å². The van der Waals surface area contributed by atoms with Gasteiger partial charge in [0.15, 0.2) is 0 Å². The number of nitrogens with one attached hydrogen (secondary N) is 1. The Hall–Kier alpha value is -1.13. The first-order valence-corrected chi connectivity index (χ1v) is 7.53. The molecule has 1 aromatic heterocycles. The van der Waals surface area contributed by atoms with Gasteiger partial charge >= 0.3 is 0 Å². The molecule has 0 radical (unpaired) electrons. The zero-order valence-corrected chi connectivity index (χ0v) is 12.6. The van der Waals surface area contributed by atoms with E-state index in [1.807, 2.05) is 12.5 Å². The summed E-state index contributed by atoms with van der Waals surface area (Å²) in [7, 11) is 0. The molecule has 2 unspecified atom stereocenters. The van der Waals surface area contributed by atoms with Crippen LogP contribution in [0, 0.1) is 0 Å². The first kappa shape index (κ1) is 12.9. The average molecular weight is 320 g/mol. The van der Waals surface area contributed by atoms with Crippen molar-refractivity contribution in [2.24, 2.45) is 0 Å². The van der Waals surface area contributed by atoms with E-state index in [2.05, 4.69) is 62.0 Å². The second kappa shape index (κ2) is 5.47. The van der Waals surface area contributed by atoms with Crippen LogP contribution < -0.4 is 5.32 Å². The van der Waals surface area contributed by atoms with Crippen LogP contribution in [0.1, 0.15) is 36.6 Å². The molecular weight excluding hydrogens is 302 g/mol. The fraction of sp³-hybridized carbons (Fsp3) is 0.400. The quantitative estimate of drug-likeness (QED) is 0.940.